The second kappa shape index (κ2) is 6.53. The summed E-state index contributed by atoms with van der Waals surface area (Å²) in [5.74, 6) is 6.06. The van der Waals surface area contributed by atoms with E-state index in [1.165, 1.54) is 0 Å². The molecule has 1 amide bonds. The molecule has 1 aromatic rings. The number of carbonyl (C=O) groups excluding carboxylic acids is 1. The summed E-state index contributed by atoms with van der Waals surface area (Å²) < 4.78 is 5.02. The van der Waals surface area contributed by atoms with Crippen molar-refractivity contribution in [2.24, 2.45) is 0 Å². The van der Waals surface area contributed by atoms with Crippen LogP contribution >= 0.6 is 11.6 Å². The van der Waals surface area contributed by atoms with Crippen LogP contribution in [0.2, 0.25) is 5.02 Å². The number of halogens is 1. The summed E-state index contributed by atoms with van der Waals surface area (Å²) in [6.07, 6.45) is 2.34. The van der Waals surface area contributed by atoms with Crippen LogP contribution in [0.3, 0.4) is 0 Å². The minimum atomic E-state index is -0.523. The van der Waals surface area contributed by atoms with E-state index in [9.17, 15) is 4.79 Å². The molecule has 0 radical (unpaired) electrons. The molecule has 2 aliphatic rings. The monoisotopic (exact) mass is 332 g/mol. The quantitative estimate of drug-likeness (QED) is 0.803. The number of hydroxylamine groups is 1. The third-order valence-corrected chi connectivity index (χ3v) is 3.96. The van der Waals surface area contributed by atoms with Crippen LogP contribution in [0, 0.1) is 11.8 Å². The number of nitrogens with zero attached hydrogens (tertiary/aromatic N) is 1. The van der Waals surface area contributed by atoms with Crippen LogP contribution in [-0.4, -0.2) is 36.3 Å². The highest BCUT2D eigenvalue weighted by molar-refractivity contribution is 6.30. The Hall–Kier alpha value is -2.16. The summed E-state index contributed by atoms with van der Waals surface area (Å²) in [5.41, 5.74) is 3.84. The molecule has 1 saturated heterocycles. The van der Waals surface area contributed by atoms with Crippen LogP contribution < -0.4 is 5.48 Å². The number of carbonyl (C=O) groups is 1. The molecular weight excluding hydrogens is 316 g/mol. The summed E-state index contributed by atoms with van der Waals surface area (Å²) in [4.78, 5) is 19.1. The maximum atomic E-state index is 11.8. The van der Waals surface area contributed by atoms with Gasteiger partial charge in [0, 0.05) is 23.6 Å². The number of hydrogen-bond acceptors (Lipinski definition) is 4. The second-order valence-corrected chi connectivity index (χ2v) is 5.89. The average Bonchev–Trinajstić information content (AvgIpc) is 3.13. The number of hydrogen-bond donors (Lipinski definition) is 1. The van der Waals surface area contributed by atoms with E-state index in [-0.39, 0.29) is 6.09 Å². The van der Waals surface area contributed by atoms with Gasteiger partial charge in [-0.05, 0) is 37.1 Å². The zero-order chi connectivity index (χ0) is 16.3. The van der Waals surface area contributed by atoms with Crippen molar-refractivity contribution in [2.75, 3.05) is 19.7 Å². The molecule has 0 aliphatic carbocycles. The third-order valence-electron chi connectivity index (χ3n) is 3.73. The smallest absolute Gasteiger partial charge is 0.409 e. The SMILES string of the molecule is CCOC(=O)N1CCC2(C=C(C#Cc3cccc(Cl)c3)NO2)C1. The van der Waals surface area contributed by atoms with E-state index < -0.39 is 5.60 Å². The highest BCUT2D eigenvalue weighted by Crippen LogP contribution is 2.31. The second-order valence-electron chi connectivity index (χ2n) is 5.46. The number of likely N-dealkylation sites (tertiary alicyclic amines) is 1. The lowest BCUT2D eigenvalue weighted by molar-refractivity contribution is -0.0309. The van der Waals surface area contributed by atoms with Crippen molar-refractivity contribution in [3.63, 3.8) is 0 Å². The fourth-order valence-electron chi connectivity index (χ4n) is 2.62. The van der Waals surface area contributed by atoms with Gasteiger partial charge in [0.05, 0.1) is 13.2 Å². The van der Waals surface area contributed by atoms with Gasteiger partial charge in [-0.3, -0.25) is 10.3 Å². The van der Waals surface area contributed by atoms with Gasteiger partial charge in [0.1, 0.15) is 11.3 Å². The van der Waals surface area contributed by atoms with Gasteiger partial charge in [0.2, 0.25) is 0 Å². The zero-order valence-electron chi connectivity index (χ0n) is 12.8. The molecule has 0 aromatic heterocycles. The van der Waals surface area contributed by atoms with E-state index in [0.717, 1.165) is 5.56 Å². The van der Waals surface area contributed by atoms with Crippen LogP contribution in [0.1, 0.15) is 18.9 Å². The van der Waals surface area contributed by atoms with Crippen LogP contribution in [0.5, 0.6) is 0 Å². The number of benzene rings is 1. The molecule has 2 aliphatic heterocycles. The molecule has 23 heavy (non-hydrogen) atoms. The van der Waals surface area contributed by atoms with Gasteiger partial charge in [-0.2, -0.15) is 0 Å². The minimum absolute atomic E-state index is 0.306. The molecule has 5 nitrogen and oxygen atoms in total. The maximum Gasteiger partial charge on any atom is 0.409 e. The molecule has 120 valence electrons. The summed E-state index contributed by atoms with van der Waals surface area (Å²) in [6, 6.07) is 7.36. The first-order chi connectivity index (χ1) is 11.1. The first kappa shape index (κ1) is 15.7. The Morgan fingerprint density at radius 1 is 1.52 bits per heavy atom. The number of nitrogens with one attached hydrogen (secondary N) is 1. The van der Waals surface area contributed by atoms with E-state index in [1.807, 2.05) is 18.2 Å². The molecule has 1 atom stereocenters. The van der Waals surface area contributed by atoms with Crippen molar-refractivity contribution >= 4 is 17.7 Å². The van der Waals surface area contributed by atoms with Gasteiger partial charge in [0.25, 0.3) is 0 Å². The largest absolute Gasteiger partial charge is 0.450 e. The summed E-state index contributed by atoms with van der Waals surface area (Å²) >= 11 is 5.94. The number of ether oxygens (including phenoxy) is 1. The lowest BCUT2D eigenvalue weighted by Gasteiger charge is -2.20. The highest BCUT2D eigenvalue weighted by Gasteiger charge is 2.43. The first-order valence-corrected chi connectivity index (χ1v) is 7.84. The molecule has 1 unspecified atom stereocenters. The van der Waals surface area contributed by atoms with E-state index in [0.29, 0.717) is 36.8 Å². The molecule has 6 heteroatoms. The average molecular weight is 333 g/mol. The maximum absolute atomic E-state index is 11.8. The molecule has 1 fully saturated rings. The normalized spacial score (nSPS) is 22.3. The Bertz CT molecular complexity index is 707. The lowest BCUT2D eigenvalue weighted by Crippen LogP contribution is -2.36. The van der Waals surface area contributed by atoms with E-state index in [2.05, 4.69) is 17.3 Å². The Morgan fingerprint density at radius 3 is 3.17 bits per heavy atom. The molecule has 0 saturated carbocycles. The van der Waals surface area contributed by atoms with E-state index in [1.54, 1.807) is 24.0 Å². The standard InChI is InChI=1S/C17H17ClN2O3/c1-2-22-16(21)20-9-8-17(12-20)11-15(19-23-17)7-6-13-4-3-5-14(18)10-13/h3-5,10-11,19H,2,8-9,12H2,1H3. The Morgan fingerprint density at radius 2 is 2.39 bits per heavy atom. The van der Waals surface area contributed by atoms with Gasteiger partial charge >= 0.3 is 6.09 Å². The van der Waals surface area contributed by atoms with Crippen molar-refractivity contribution in [1.82, 2.24) is 10.4 Å². The molecule has 3 rings (SSSR count). The molecule has 1 aromatic carbocycles. The predicted molar refractivity (Wildman–Crippen MR) is 86.6 cm³/mol. The Kier molecular flexibility index (Phi) is 4.46. The van der Waals surface area contributed by atoms with Crippen LogP contribution in [-0.2, 0) is 9.57 Å². The first-order valence-electron chi connectivity index (χ1n) is 7.46. The molecular formula is C17H17ClN2O3. The van der Waals surface area contributed by atoms with Crippen LogP contribution in [0.25, 0.3) is 0 Å². The lowest BCUT2D eigenvalue weighted by atomic mass is 10.0. The van der Waals surface area contributed by atoms with Crippen molar-refractivity contribution < 1.29 is 14.4 Å². The molecule has 1 spiro atoms. The fourth-order valence-corrected chi connectivity index (χ4v) is 2.81. The third kappa shape index (κ3) is 3.61. The van der Waals surface area contributed by atoms with Crippen molar-refractivity contribution in [2.45, 2.75) is 18.9 Å². The van der Waals surface area contributed by atoms with E-state index in [4.69, 9.17) is 21.2 Å². The van der Waals surface area contributed by atoms with Crippen molar-refractivity contribution in [1.29, 1.82) is 0 Å². The van der Waals surface area contributed by atoms with Gasteiger partial charge in [0.15, 0.2) is 0 Å². The zero-order valence-corrected chi connectivity index (χ0v) is 13.5. The Balaban J connectivity index is 1.69. The van der Waals surface area contributed by atoms with Crippen LogP contribution in [0.15, 0.2) is 36.0 Å². The van der Waals surface area contributed by atoms with Gasteiger partial charge in [-0.15, -0.1) is 0 Å². The van der Waals surface area contributed by atoms with Crippen LogP contribution in [0.4, 0.5) is 4.79 Å². The summed E-state index contributed by atoms with van der Waals surface area (Å²) in [7, 11) is 0. The molecule has 0 bridgehead atoms. The predicted octanol–water partition coefficient (Wildman–Crippen LogP) is 2.71. The molecule has 2 heterocycles. The summed E-state index contributed by atoms with van der Waals surface area (Å²) in [5, 5.41) is 0.652. The topological polar surface area (TPSA) is 50.8 Å². The fraction of sp³-hybridized carbons (Fsp3) is 0.353. The number of amides is 1. The highest BCUT2D eigenvalue weighted by atomic mass is 35.5. The van der Waals surface area contributed by atoms with Gasteiger partial charge in [-0.25, -0.2) is 4.79 Å². The van der Waals surface area contributed by atoms with E-state index >= 15 is 0 Å². The van der Waals surface area contributed by atoms with Gasteiger partial charge < -0.3 is 9.64 Å². The van der Waals surface area contributed by atoms with Crippen molar-refractivity contribution in [3.05, 3.63) is 46.6 Å². The Labute approximate surface area is 140 Å². The minimum Gasteiger partial charge on any atom is -0.450 e. The van der Waals surface area contributed by atoms with Gasteiger partial charge in [-0.1, -0.05) is 23.6 Å². The van der Waals surface area contributed by atoms with Crippen molar-refractivity contribution in [3.8, 4) is 11.8 Å². The number of allylic oxidation sites excluding steroid dienone is 1. The molecule has 1 N–H and O–H groups in total. The summed E-state index contributed by atoms with van der Waals surface area (Å²) in [6.45, 7) is 3.22. The number of rotatable bonds is 1.